The van der Waals surface area contributed by atoms with Gasteiger partial charge in [-0.1, -0.05) is 316 Å². The Bertz CT molecular complexity index is 1760. The Morgan fingerprint density at radius 3 is 0.976 bits per heavy atom. The maximum absolute atomic E-state index is 12.7. The van der Waals surface area contributed by atoms with Gasteiger partial charge in [0.15, 0.2) is 6.10 Å². The van der Waals surface area contributed by atoms with Gasteiger partial charge in [-0.3, -0.25) is 18.6 Å². The predicted octanol–water partition coefficient (Wildman–Crippen LogP) is 23.3. The number of ether oxygens (including phenoxy) is 2. The smallest absolute Gasteiger partial charge is 0.462 e. The van der Waals surface area contributed by atoms with Crippen LogP contribution >= 0.6 is 7.82 Å². The lowest BCUT2D eigenvalue weighted by Crippen LogP contribution is -2.29. The van der Waals surface area contributed by atoms with Crippen molar-refractivity contribution in [3.05, 3.63) is 109 Å². The molecule has 0 aromatic heterocycles. The van der Waals surface area contributed by atoms with E-state index in [1.165, 1.54) is 199 Å². The number of hydrogen-bond donors (Lipinski definition) is 2. The van der Waals surface area contributed by atoms with Crippen molar-refractivity contribution in [2.24, 2.45) is 5.73 Å². The molecule has 2 unspecified atom stereocenters. The molecule has 0 saturated carbocycles. The van der Waals surface area contributed by atoms with Crippen LogP contribution in [0.4, 0.5) is 0 Å². The van der Waals surface area contributed by atoms with Crippen molar-refractivity contribution in [2.45, 2.75) is 328 Å². The van der Waals surface area contributed by atoms with Crippen LogP contribution in [0.1, 0.15) is 322 Å². The molecule has 9 nitrogen and oxygen atoms in total. The maximum atomic E-state index is 12.7. The van der Waals surface area contributed by atoms with Gasteiger partial charge < -0.3 is 20.1 Å². The third-order valence-corrected chi connectivity index (χ3v) is 16.1. The first-order valence-corrected chi connectivity index (χ1v) is 36.9. The highest BCUT2D eigenvalue weighted by molar-refractivity contribution is 7.47. The molecule has 2 atom stereocenters. The third kappa shape index (κ3) is 69.6. The molecule has 0 aromatic carbocycles. The number of hydrogen-bond acceptors (Lipinski definition) is 8. The fraction of sp³-hybridized carbons (Fsp3) is 0.733. The average molecular weight is 1210 g/mol. The molecule has 3 N–H and O–H groups in total. The van der Waals surface area contributed by atoms with E-state index < -0.39 is 26.5 Å². The maximum Gasteiger partial charge on any atom is 0.472 e. The Kier molecular flexibility index (Phi) is 67.0. The van der Waals surface area contributed by atoms with Gasteiger partial charge in [-0.05, 0) is 103 Å². The molecule has 490 valence electrons. The van der Waals surface area contributed by atoms with Gasteiger partial charge in [-0.2, -0.15) is 0 Å². The van der Waals surface area contributed by atoms with Crippen LogP contribution in [-0.4, -0.2) is 49.3 Å². The zero-order valence-corrected chi connectivity index (χ0v) is 56.0. The Balaban J connectivity index is 3.86. The highest BCUT2D eigenvalue weighted by Crippen LogP contribution is 2.43. The number of nitrogens with two attached hydrogens (primary N) is 1. The molecule has 0 aliphatic heterocycles. The van der Waals surface area contributed by atoms with E-state index in [1.54, 1.807) is 0 Å². The van der Waals surface area contributed by atoms with Gasteiger partial charge in [-0.15, -0.1) is 0 Å². The van der Waals surface area contributed by atoms with Crippen LogP contribution in [0.2, 0.25) is 0 Å². The summed E-state index contributed by atoms with van der Waals surface area (Å²) in [5.74, 6) is -0.861. The zero-order valence-electron chi connectivity index (χ0n) is 55.1. The fourth-order valence-corrected chi connectivity index (χ4v) is 10.7. The Hall–Kier alpha value is -3.33. The number of phosphoric acid groups is 1. The van der Waals surface area contributed by atoms with Gasteiger partial charge in [-0.25, -0.2) is 4.57 Å². The lowest BCUT2D eigenvalue weighted by Gasteiger charge is -2.19. The zero-order chi connectivity index (χ0) is 61.6. The van der Waals surface area contributed by atoms with E-state index in [-0.39, 0.29) is 38.6 Å². The number of esters is 2. The molecule has 0 fully saturated rings. The molecule has 0 aromatic rings. The normalized spacial score (nSPS) is 13.6. The van der Waals surface area contributed by atoms with Gasteiger partial charge in [0.1, 0.15) is 6.61 Å². The van der Waals surface area contributed by atoms with Gasteiger partial charge in [0, 0.05) is 19.4 Å². The van der Waals surface area contributed by atoms with Crippen LogP contribution in [0, 0.1) is 0 Å². The van der Waals surface area contributed by atoms with Crippen molar-refractivity contribution in [1.82, 2.24) is 0 Å². The molecule has 0 aliphatic rings. The second kappa shape index (κ2) is 69.8. The summed E-state index contributed by atoms with van der Waals surface area (Å²) in [6.45, 7) is 3.60. The van der Waals surface area contributed by atoms with Crippen LogP contribution in [0.15, 0.2) is 109 Å². The molecule has 0 bridgehead atoms. The first-order valence-electron chi connectivity index (χ1n) is 35.4. The number of carbonyl (C=O) groups excluding carboxylic acids is 2. The van der Waals surface area contributed by atoms with Crippen molar-refractivity contribution in [2.75, 3.05) is 26.4 Å². The monoisotopic (exact) mass is 1210 g/mol. The standard InChI is InChI=1S/C75H132NO8P/c1-3-5-7-9-11-13-15-17-19-21-23-25-27-29-30-31-32-33-34-35-36-37-38-39-40-41-42-44-45-47-49-51-53-55-57-59-61-63-65-67-74(77)81-71-73(72-83-85(79,80)82-70-69-76)84-75(78)68-66-64-62-60-58-56-54-52-50-48-46-43-28-26-24-22-20-18-16-14-12-10-8-6-4-2/h6,8,12,14-15,17-18,20-21,23-24,26,43,46,50,52,56,58,73H,3-5,7,9-11,13,16,19,22,25,27-42,44-45,47-49,51,53-55,57,59-72,76H2,1-2H3,(H,79,80)/b8-6-,14-12-,17-15-,20-18-,23-21-,26-24-,46-43-,52-50-,58-56-. The molecular weight excluding hydrogens is 1070 g/mol. The summed E-state index contributed by atoms with van der Waals surface area (Å²) < 4.78 is 33.1. The molecular formula is C75H132NO8P. The molecule has 0 saturated heterocycles. The SMILES string of the molecule is CC/C=C\C/C=C\C/C=C\C/C=C\C/C=C\C/C=C\C/C=C\CCCCCC(=O)OC(COC(=O)CCCCCCCCCCCCCCCCCCCCCCCCCCCCC/C=C\C/C=C\CCCCCCC)COP(=O)(O)OCCN. The Labute approximate surface area is 524 Å². The van der Waals surface area contributed by atoms with E-state index in [1.807, 2.05) is 0 Å². The van der Waals surface area contributed by atoms with Crippen LogP contribution in [0.5, 0.6) is 0 Å². The topological polar surface area (TPSA) is 134 Å². The van der Waals surface area contributed by atoms with Gasteiger partial charge in [0.05, 0.1) is 13.2 Å². The molecule has 0 spiro atoms. The largest absolute Gasteiger partial charge is 0.472 e. The summed E-state index contributed by atoms with van der Waals surface area (Å²) in [5, 5.41) is 0. The minimum Gasteiger partial charge on any atom is -0.462 e. The van der Waals surface area contributed by atoms with E-state index in [0.29, 0.717) is 6.42 Å². The summed E-state index contributed by atoms with van der Waals surface area (Å²) >= 11 is 0. The van der Waals surface area contributed by atoms with Crippen LogP contribution in [0.3, 0.4) is 0 Å². The number of unbranched alkanes of at least 4 members (excludes halogenated alkanes) is 35. The van der Waals surface area contributed by atoms with Crippen LogP contribution in [-0.2, 0) is 32.7 Å². The van der Waals surface area contributed by atoms with E-state index in [9.17, 15) is 19.0 Å². The lowest BCUT2D eigenvalue weighted by molar-refractivity contribution is -0.161. The number of carbonyl (C=O) groups is 2. The molecule has 10 heteroatoms. The second-order valence-corrected chi connectivity index (χ2v) is 24.8. The highest BCUT2D eigenvalue weighted by Gasteiger charge is 2.26. The summed E-state index contributed by atoms with van der Waals surface area (Å²) in [4.78, 5) is 35.3. The first-order chi connectivity index (χ1) is 41.8. The summed E-state index contributed by atoms with van der Waals surface area (Å²) in [5.41, 5.74) is 5.39. The van der Waals surface area contributed by atoms with Crippen molar-refractivity contribution in [3.8, 4) is 0 Å². The van der Waals surface area contributed by atoms with E-state index in [0.717, 1.165) is 89.9 Å². The van der Waals surface area contributed by atoms with E-state index in [4.69, 9.17) is 24.3 Å². The highest BCUT2D eigenvalue weighted by atomic mass is 31.2. The Morgan fingerprint density at radius 2 is 0.647 bits per heavy atom. The lowest BCUT2D eigenvalue weighted by atomic mass is 10.0. The Morgan fingerprint density at radius 1 is 0.365 bits per heavy atom. The minimum atomic E-state index is -4.41. The first kappa shape index (κ1) is 81.7. The van der Waals surface area contributed by atoms with Crippen LogP contribution < -0.4 is 5.73 Å². The second-order valence-electron chi connectivity index (χ2n) is 23.4. The fourth-order valence-electron chi connectivity index (χ4n) is 9.94. The molecule has 0 amide bonds. The van der Waals surface area contributed by atoms with Gasteiger partial charge >= 0.3 is 19.8 Å². The summed E-state index contributed by atoms with van der Waals surface area (Å²) in [7, 11) is -4.41. The summed E-state index contributed by atoms with van der Waals surface area (Å²) in [6.07, 6.45) is 96.3. The molecule has 0 radical (unpaired) electrons. The quantitative estimate of drug-likeness (QED) is 0.0264. The van der Waals surface area contributed by atoms with E-state index in [2.05, 4.69) is 123 Å². The molecule has 0 heterocycles. The molecule has 0 rings (SSSR count). The number of allylic oxidation sites excluding steroid dienone is 18. The molecule has 85 heavy (non-hydrogen) atoms. The van der Waals surface area contributed by atoms with Gasteiger partial charge in [0.25, 0.3) is 0 Å². The van der Waals surface area contributed by atoms with Gasteiger partial charge in [0.2, 0.25) is 0 Å². The van der Waals surface area contributed by atoms with Crippen molar-refractivity contribution < 1.29 is 37.6 Å². The predicted molar refractivity (Wildman–Crippen MR) is 367 cm³/mol. The number of rotatable bonds is 66. The third-order valence-electron chi connectivity index (χ3n) is 15.1. The number of phosphoric ester groups is 1. The molecule has 0 aliphatic carbocycles. The van der Waals surface area contributed by atoms with Crippen LogP contribution in [0.25, 0.3) is 0 Å². The minimum absolute atomic E-state index is 0.0435. The summed E-state index contributed by atoms with van der Waals surface area (Å²) in [6, 6.07) is 0. The van der Waals surface area contributed by atoms with Crippen molar-refractivity contribution >= 4 is 19.8 Å². The van der Waals surface area contributed by atoms with Crippen molar-refractivity contribution in [1.29, 1.82) is 0 Å². The average Bonchev–Trinajstić information content (AvgIpc) is 3.52. The van der Waals surface area contributed by atoms with Crippen molar-refractivity contribution in [3.63, 3.8) is 0 Å². The van der Waals surface area contributed by atoms with E-state index >= 15 is 0 Å².